The molecule has 0 radical (unpaired) electrons. The number of hydrogen-bond donors (Lipinski definition) is 1. The Hall–Kier alpha value is -1.32. The second-order valence-corrected chi connectivity index (χ2v) is 5.93. The zero-order valence-corrected chi connectivity index (χ0v) is 12.9. The van der Waals surface area contributed by atoms with Gasteiger partial charge in [0.25, 0.3) is 0 Å². The second kappa shape index (κ2) is 4.66. The van der Waals surface area contributed by atoms with Crippen molar-refractivity contribution in [3.05, 3.63) is 51.0 Å². The van der Waals surface area contributed by atoms with Gasteiger partial charge in [-0.05, 0) is 43.2 Å². The third-order valence-electron chi connectivity index (χ3n) is 3.19. The molecule has 0 spiro atoms. The van der Waals surface area contributed by atoms with Gasteiger partial charge in [-0.1, -0.05) is 39.7 Å². The summed E-state index contributed by atoms with van der Waals surface area (Å²) in [6, 6.07) is 10.1. The maximum Gasteiger partial charge on any atom is 0.140 e. The fraction of sp³-hybridized carbons (Fsp3) is 0.133. The number of fused-ring (bicyclic) bond motifs is 1. The SMILES string of the molecule is Cc1cccc(-c2nc3c(C)cc(Br)cc3[nH]2)c1Cl. The van der Waals surface area contributed by atoms with E-state index < -0.39 is 0 Å². The van der Waals surface area contributed by atoms with Gasteiger partial charge in [0.1, 0.15) is 5.82 Å². The maximum atomic E-state index is 6.36. The minimum Gasteiger partial charge on any atom is -0.338 e. The number of H-pyrrole nitrogens is 1. The van der Waals surface area contributed by atoms with Crippen LogP contribution in [0.5, 0.6) is 0 Å². The van der Waals surface area contributed by atoms with Gasteiger partial charge in [0.05, 0.1) is 16.1 Å². The molecular weight excluding hydrogens is 324 g/mol. The largest absolute Gasteiger partial charge is 0.338 e. The molecule has 1 N–H and O–H groups in total. The Bertz CT molecular complexity index is 777. The minimum absolute atomic E-state index is 0.748. The normalized spacial score (nSPS) is 11.2. The van der Waals surface area contributed by atoms with E-state index in [0.29, 0.717) is 0 Å². The lowest BCUT2D eigenvalue weighted by Gasteiger charge is -2.02. The summed E-state index contributed by atoms with van der Waals surface area (Å²) < 4.78 is 1.04. The third-order valence-corrected chi connectivity index (χ3v) is 4.15. The van der Waals surface area contributed by atoms with Gasteiger partial charge < -0.3 is 4.98 Å². The van der Waals surface area contributed by atoms with Crippen molar-refractivity contribution >= 4 is 38.6 Å². The standard InChI is InChI=1S/C15H12BrClN2/c1-8-4-3-5-11(13(8)17)15-18-12-7-10(16)6-9(2)14(12)19-15/h3-7H,1-2H3,(H,18,19). The summed E-state index contributed by atoms with van der Waals surface area (Å²) in [5, 5.41) is 0.748. The van der Waals surface area contributed by atoms with Crippen LogP contribution in [0.4, 0.5) is 0 Å². The molecule has 1 heterocycles. The molecule has 0 fully saturated rings. The van der Waals surface area contributed by atoms with Crippen molar-refractivity contribution in [2.75, 3.05) is 0 Å². The average Bonchev–Trinajstić information content (AvgIpc) is 2.76. The fourth-order valence-electron chi connectivity index (χ4n) is 2.20. The van der Waals surface area contributed by atoms with Crippen LogP contribution < -0.4 is 0 Å². The van der Waals surface area contributed by atoms with Gasteiger partial charge in [-0.2, -0.15) is 0 Å². The van der Waals surface area contributed by atoms with Crippen LogP contribution in [-0.4, -0.2) is 9.97 Å². The number of hydrogen-bond acceptors (Lipinski definition) is 1. The van der Waals surface area contributed by atoms with Crippen molar-refractivity contribution in [1.82, 2.24) is 9.97 Å². The molecule has 0 amide bonds. The van der Waals surface area contributed by atoms with Crippen LogP contribution in [0.2, 0.25) is 5.02 Å². The molecule has 19 heavy (non-hydrogen) atoms. The van der Waals surface area contributed by atoms with Crippen LogP contribution in [0, 0.1) is 13.8 Å². The van der Waals surface area contributed by atoms with Crippen molar-refractivity contribution in [3.8, 4) is 11.4 Å². The number of imidazole rings is 1. The lowest BCUT2D eigenvalue weighted by molar-refractivity contribution is 1.32. The summed E-state index contributed by atoms with van der Waals surface area (Å²) in [7, 11) is 0. The highest BCUT2D eigenvalue weighted by Crippen LogP contribution is 2.31. The van der Waals surface area contributed by atoms with Crippen molar-refractivity contribution < 1.29 is 0 Å². The van der Waals surface area contributed by atoms with Gasteiger partial charge in [0.15, 0.2) is 0 Å². The molecule has 1 aromatic heterocycles. The fourth-order valence-corrected chi connectivity index (χ4v) is 2.99. The van der Waals surface area contributed by atoms with E-state index in [1.54, 1.807) is 0 Å². The molecule has 0 aliphatic rings. The predicted octanol–water partition coefficient (Wildman–Crippen LogP) is 5.26. The molecule has 0 bridgehead atoms. The van der Waals surface area contributed by atoms with Crippen LogP contribution in [0.3, 0.4) is 0 Å². The number of aromatic amines is 1. The summed E-state index contributed by atoms with van der Waals surface area (Å²) in [6.45, 7) is 4.05. The van der Waals surface area contributed by atoms with Gasteiger partial charge in [-0.15, -0.1) is 0 Å². The maximum absolute atomic E-state index is 6.36. The van der Waals surface area contributed by atoms with Gasteiger partial charge in [-0.25, -0.2) is 4.98 Å². The van der Waals surface area contributed by atoms with Crippen molar-refractivity contribution in [3.63, 3.8) is 0 Å². The highest BCUT2D eigenvalue weighted by molar-refractivity contribution is 9.10. The van der Waals surface area contributed by atoms with Crippen molar-refractivity contribution in [2.45, 2.75) is 13.8 Å². The third kappa shape index (κ3) is 2.17. The van der Waals surface area contributed by atoms with E-state index in [0.717, 1.165) is 43.0 Å². The van der Waals surface area contributed by atoms with Gasteiger partial charge in [0, 0.05) is 10.0 Å². The van der Waals surface area contributed by atoms with Crippen LogP contribution in [0.1, 0.15) is 11.1 Å². The Balaban J connectivity index is 2.26. The highest BCUT2D eigenvalue weighted by atomic mass is 79.9. The predicted molar refractivity (Wildman–Crippen MR) is 83.7 cm³/mol. The molecule has 3 aromatic rings. The summed E-state index contributed by atoms with van der Waals surface area (Å²) in [6.07, 6.45) is 0. The van der Waals surface area contributed by atoms with Gasteiger partial charge in [-0.3, -0.25) is 0 Å². The number of halogens is 2. The molecule has 0 aliphatic carbocycles. The number of benzene rings is 2. The smallest absolute Gasteiger partial charge is 0.140 e. The summed E-state index contributed by atoms with van der Waals surface area (Å²) >= 11 is 9.86. The number of nitrogens with zero attached hydrogens (tertiary/aromatic N) is 1. The Morgan fingerprint density at radius 1 is 1.16 bits per heavy atom. The number of aryl methyl sites for hydroxylation is 2. The van der Waals surface area contributed by atoms with Crippen molar-refractivity contribution in [2.24, 2.45) is 0 Å². The first-order chi connectivity index (χ1) is 9.06. The molecule has 96 valence electrons. The topological polar surface area (TPSA) is 28.7 Å². The molecule has 0 aliphatic heterocycles. The Morgan fingerprint density at radius 3 is 2.74 bits per heavy atom. The monoisotopic (exact) mass is 334 g/mol. The molecule has 0 atom stereocenters. The highest BCUT2D eigenvalue weighted by Gasteiger charge is 2.11. The number of aromatic nitrogens is 2. The van der Waals surface area contributed by atoms with Crippen LogP contribution in [-0.2, 0) is 0 Å². The zero-order chi connectivity index (χ0) is 13.6. The molecule has 0 saturated heterocycles. The first-order valence-electron chi connectivity index (χ1n) is 5.97. The van der Waals surface area contributed by atoms with E-state index >= 15 is 0 Å². The summed E-state index contributed by atoms with van der Waals surface area (Å²) in [5.41, 5.74) is 5.12. The lowest BCUT2D eigenvalue weighted by Crippen LogP contribution is -1.84. The Kier molecular flexibility index (Phi) is 3.11. The first kappa shape index (κ1) is 12.7. The molecule has 2 aromatic carbocycles. The van der Waals surface area contributed by atoms with E-state index in [1.165, 1.54) is 0 Å². The number of rotatable bonds is 1. The summed E-state index contributed by atoms with van der Waals surface area (Å²) in [4.78, 5) is 8.00. The van der Waals surface area contributed by atoms with Gasteiger partial charge in [0.2, 0.25) is 0 Å². The molecule has 0 unspecified atom stereocenters. The van der Waals surface area contributed by atoms with E-state index in [9.17, 15) is 0 Å². The Labute approximate surface area is 124 Å². The van der Waals surface area contributed by atoms with Crippen LogP contribution in [0.15, 0.2) is 34.8 Å². The molecule has 4 heteroatoms. The van der Waals surface area contributed by atoms with Crippen LogP contribution >= 0.6 is 27.5 Å². The van der Waals surface area contributed by atoms with Gasteiger partial charge >= 0.3 is 0 Å². The first-order valence-corrected chi connectivity index (χ1v) is 7.14. The molecular formula is C15H12BrClN2. The van der Waals surface area contributed by atoms with Crippen LogP contribution in [0.25, 0.3) is 22.4 Å². The van der Waals surface area contributed by atoms with E-state index in [2.05, 4.69) is 38.9 Å². The second-order valence-electron chi connectivity index (χ2n) is 4.64. The van der Waals surface area contributed by atoms with Crippen molar-refractivity contribution in [1.29, 1.82) is 0 Å². The lowest BCUT2D eigenvalue weighted by atomic mass is 10.1. The van der Waals surface area contributed by atoms with E-state index in [-0.39, 0.29) is 0 Å². The Morgan fingerprint density at radius 2 is 1.95 bits per heavy atom. The minimum atomic E-state index is 0.748. The van der Waals surface area contributed by atoms with E-state index in [4.69, 9.17) is 11.6 Å². The zero-order valence-electron chi connectivity index (χ0n) is 10.6. The molecule has 2 nitrogen and oxygen atoms in total. The summed E-state index contributed by atoms with van der Waals surface area (Å²) in [5.74, 6) is 0.810. The average molecular weight is 336 g/mol. The molecule has 0 saturated carbocycles. The quantitative estimate of drug-likeness (QED) is 0.645. The molecule has 3 rings (SSSR count). The number of nitrogens with one attached hydrogen (secondary N) is 1. The van der Waals surface area contributed by atoms with E-state index in [1.807, 2.05) is 31.2 Å².